The van der Waals surface area contributed by atoms with E-state index in [1.807, 2.05) is 0 Å². The van der Waals surface area contributed by atoms with Gasteiger partial charge >= 0.3 is 0 Å². The van der Waals surface area contributed by atoms with Crippen LogP contribution in [0.2, 0.25) is 0 Å². The van der Waals surface area contributed by atoms with Gasteiger partial charge in [0.2, 0.25) is 5.69 Å². The Kier molecular flexibility index (Phi) is 1.65. The van der Waals surface area contributed by atoms with Crippen LogP contribution in [-0.4, -0.2) is 15.1 Å². The van der Waals surface area contributed by atoms with Gasteiger partial charge in [-0.2, -0.15) is 0 Å². The molecule has 2 aromatic rings. The Labute approximate surface area is 67.2 Å². The Morgan fingerprint density at radius 1 is 1.54 bits per heavy atom. The Morgan fingerprint density at radius 2 is 2.31 bits per heavy atom. The third-order valence-electron chi connectivity index (χ3n) is 1.57. The molecule has 0 aliphatic carbocycles. The maximum absolute atomic E-state index is 10.3. The number of hydrogen-bond acceptors (Lipinski definition) is 3. The molecular formula is C7H4BhN3O2-. The normalized spacial score (nSPS) is 9.54. The van der Waals surface area contributed by atoms with Crippen molar-refractivity contribution in [2.24, 2.45) is 0 Å². The molecule has 62 valence electrons. The second kappa shape index (κ2) is 2.61. The second-order valence-electron chi connectivity index (χ2n) is 2.32. The van der Waals surface area contributed by atoms with E-state index in [0.717, 1.165) is 5.52 Å². The minimum Gasteiger partial charge on any atom is -0.344 e. The van der Waals surface area contributed by atoms with Gasteiger partial charge in [-0.05, 0) is 17.8 Å². The number of hydrogen-bond donors (Lipinski definition) is 1. The van der Waals surface area contributed by atoms with Crippen LogP contribution in [0.5, 0.6) is 0 Å². The van der Waals surface area contributed by atoms with Crippen molar-refractivity contribution in [3.8, 4) is 0 Å². The molecule has 0 unspecified atom stereocenters. The smallest absolute Gasteiger partial charge is 0.217 e. The molecule has 0 saturated heterocycles. The number of aromatic amines is 1. The van der Waals surface area contributed by atoms with E-state index in [1.165, 1.54) is 12.1 Å². The summed E-state index contributed by atoms with van der Waals surface area (Å²) in [5, 5.41) is 17.2. The van der Waals surface area contributed by atoms with E-state index in [4.69, 9.17) is 0 Å². The summed E-state index contributed by atoms with van der Waals surface area (Å²) < 4.78 is 0. The second-order valence-corrected chi connectivity index (χ2v) is 2.32. The fourth-order valence-electron chi connectivity index (χ4n) is 0.984. The van der Waals surface area contributed by atoms with Gasteiger partial charge in [0.25, 0.3) is 0 Å². The summed E-state index contributed by atoms with van der Waals surface area (Å²) in [5.41, 5.74) is 0.806. The Balaban J connectivity index is 0.000000845. The van der Waals surface area contributed by atoms with E-state index in [9.17, 15) is 10.1 Å². The van der Waals surface area contributed by atoms with Crippen LogP contribution in [0.15, 0.2) is 18.2 Å². The standard InChI is InChI=1S/C7H4N3O2.Bh/c11-10(12)6-1-2-7-5(3-6)4-8-9-7;/h1-3H,(H,8,9);/q-1;. The number of benzene rings is 1. The van der Waals surface area contributed by atoms with Crippen LogP contribution in [0.25, 0.3) is 10.9 Å². The summed E-state index contributed by atoms with van der Waals surface area (Å²) in [6, 6.07) is 4.46. The number of aromatic nitrogens is 2. The summed E-state index contributed by atoms with van der Waals surface area (Å²) in [6.07, 6.45) is 2.60. The Bertz CT molecular complexity index is 440. The van der Waals surface area contributed by atoms with E-state index in [-0.39, 0.29) is 5.69 Å². The van der Waals surface area contributed by atoms with Crippen molar-refractivity contribution in [3.05, 3.63) is 34.5 Å². The minimum absolute atomic E-state index is 0. The number of fused-ring (bicyclic) bond motifs is 1. The number of nitro groups is 1. The van der Waals surface area contributed by atoms with Crippen LogP contribution in [0.1, 0.15) is 0 Å². The van der Waals surface area contributed by atoms with E-state index in [2.05, 4.69) is 16.4 Å². The topological polar surface area (TPSA) is 71.8 Å². The Morgan fingerprint density at radius 3 is 3.00 bits per heavy atom. The third kappa shape index (κ3) is 1.13. The zero-order valence-corrected chi connectivity index (χ0v) is 13.2. The summed E-state index contributed by atoms with van der Waals surface area (Å²) in [7, 11) is 0. The van der Waals surface area contributed by atoms with Gasteiger partial charge in [-0.25, -0.2) is 0 Å². The van der Waals surface area contributed by atoms with Crippen molar-refractivity contribution in [2.45, 2.75) is 0 Å². The van der Waals surface area contributed by atoms with Crippen molar-refractivity contribution < 1.29 is 4.92 Å². The molecule has 6 heteroatoms. The first-order valence-electron chi connectivity index (χ1n) is 3.27. The molecule has 1 aromatic heterocycles. The van der Waals surface area contributed by atoms with Gasteiger partial charge in [0, 0.05) is 4.92 Å². The molecular weight excluding hydrogens is 428 g/mol. The molecule has 0 aliphatic heterocycles. The molecule has 1 aromatic carbocycles. The van der Waals surface area contributed by atoms with Gasteiger partial charge in [-0.3, -0.25) is 15.2 Å². The summed E-state index contributed by atoms with van der Waals surface area (Å²) >= 11 is 0. The number of rotatable bonds is 1. The van der Waals surface area contributed by atoms with Gasteiger partial charge in [-0.1, -0.05) is 12.1 Å². The molecule has 1 heterocycles. The van der Waals surface area contributed by atoms with E-state index in [0.29, 0.717) is 5.39 Å². The monoisotopic (exact) mass is 432 g/mol. The van der Waals surface area contributed by atoms with Gasteiger partial charge in [-0.15, -0.1) is 5.39 Å². The van der Waals surface area contributed by atoms with Crippen LogP contribution >= 0.6 is 0 Å². The van der Waals surface area contributed by atoms with Crippen molar-refractivity contribution in [3.63, 3.8) is 0 Å². The molecule has 0 saturated carbocycles. The summed E-state index contributed by atoms with van der Waals surface area (Å²) in [5.74, 6) is 0. The average Bonchev–Trinajstić information content (AvgIpc) is 2.49. The predicted octanol–water partition coefficient (Wildman–Crippen LogP) is 1.27. The quantitative estimate of drug-likeness (QED) is 0.420. The Hall–Kier alpha value is -2.91. The fourth-order valence-corrected chi connectivity index (χ4v) is 0.984. The van der Waals surface area contributed by atoms with Crippen LogP contribution in [0.4, 0.5) is 5.69 Å². The molecule has 0 fully saturated rings. The van der Waals surface area contributed by atoms with Gasteiger partial charge in [0.15, 0.2) is 0 Å². The predicted molar refractivity (Wildman–Crippen MR) is 41.6 cm³/mol. The first-order chi connectivity index (χ1) is 5.77. The number of nitrogens with zero attached hydrogens (tertiary/aromatic N) is 2. The molecule has 13 heavy (non-hydrogen) atoms. The summed E-state index contributed by atoms with van der Waals surface area (Å²) in [6.45, 7) is 0. The maximum atomic E-state index is 10.3. The number of non-ortho nitro benzene ring substituents is 1. The zero-order chi connectivity index (χ0) is 8.55. The fraction of sp³-hybridized carbons (Fsp3) is 0. The average molecular weight is 432 g/mol. The molecule has 0 spiro atoms. The first kappa shape index (κ1) is 8.19. The van der Waals surface area contributed by atoms with Crippen molar-refractivity contribution in [1.82, 2.24) is 10.2 Å². The van der Waals surface area contributed by atoms with E-state index in [1.54, 1.807) is 6.07 Å². The van der Waals surface area contributed by atoms with Crippen molar-refractivity contribution in [2.75, 3.05) is 0 Å². The van der Waals surface area contributed by atoms with Crippen LogP contribution in [0.3, 0.4) is 0 Å². The molecule has 0 bridgehead atoms. The maximum Gasteiger partial charge on any atom is 0.217 e. The zero-order valence-electron chi connectivity index (χ0n) is 6.65. The van der Waals surface area contributed by atoms with Crippen molar-refractivity contribution >= 4 is 16.6 Å². The third-order valence-corrected chi connectivity index (χ3v) is 1.57. The van der Waals surface area contributed by atoms with Crippen LogP contribution < -0.4 is 0 Å². The van der Waals surface area contributed by atoms with Gasteiger partial charge in [0.05, 0.1) is 0 Å². The molecule has 2 rings (SSSR count). The van der Waals surface area contributed by atoms with E-state index >= 15 is 0 Å². The van der Waals surface area contributed by atoms with Gasteiger partial charge in [0.1, 0.15) is 0 Å². The van der Waals surface area contributed by atoms with Gasteiger partial charge < -0.3 is 5.10 Å². The van der Waals surface area contributed by atoms with Crippen molar-refractivity contribution in [1.29, 1.82) is 0 Å². The molecule has 1 N–H and O–H groups in total. The molecule has 0 radical (unpaired) electrons. The first-order valence-corrected chi connectivity index (χ1v) is 3.27. The SMILES string of the molecule is O=[N+]([O-])c1ccc2[nH]n[c-]c2c1.[Bh]. The number of H-pyrrole nitrogens is 1. The number of nitrogens with one attached hydrogen (secondary N) is 1. The molecule has 0 amide bonds. The molecule has 0 aliphatic rings. The molecule has 5 nitrogen and oxygen atoms in total. The summed E-state index contributed by atoms with van der Waals surface area (Å²) in [4.78, 5) is 9.88. The van der Waals surface area contributed by atoms with Crippen LogP contribution in [-0.2, 0) is 0 Å². The largest absolute Gasteiger partial charge is 0.344 e. The molecule has 0 atom stereocenters. The minimum atomic E-state index is -0.444. The van der Waals surface area contributed by atoms with Crippen LogP contribution in [0, 0.1) is 16.3 Å². The number of nitro benzene ring substituents is 1. The van der Waals surface area contributed by atoms with E-state index < -0.39 is 4.92 Å².